The first kappa shape index (κ1) is 100. The Morgan fingerprint density at radius 1 is 0.299 bits per heavy atom. The third kappa shape index (κ3) is 25.5. The van der Waals surface area contributed by atoms with Crippen LogP contribution < -0.4 is 18.9 Å². The van der Waals surface area contributed by atoms with E-state index in [9.17, 15) is 33.9 Å². The third-order valence-electron chi connectivity index (χ3n) is 19.7. The maximum atomic E-state index is 12.0. The normalized spacial score (nSPS) is 10.8. The number of esters is 3. The largest absolute Gasteiger partial charge is 1.00 e. The summed E-state index contributed by atoms with van der Waals surface area (Å²) >= 11 is 35.7. The van der Waals surface area contributed by atoms with E-state index < -0.39 is 35.8 Å². The molecule has 44 heteroatoms. The number of carboxylic acids is 3. The number of halogens is 6. The summed E-state index contributed by atoms with van der Waals surface area (Å²) in [6.45, 7) is 18.9. The average molecular weight is 1920 g/mol. The van der Waals surface area contributed by atoms with Gasteiger partial charge in [0, 0.05) is 69.5 Å². The number of hydrogen-bond acceptors (Lipinski definition) is 28. The van der Waals surface area contributed by atoms with E-state index in [0.29, 0.717) is 129 Å². The number of carbonyl (C=O) groups is 6. The van der Waals surface area contributed by atoms with Crippen molar-refractivity contribution in [2.24, 2.45) is 0 Å². The van der Waals surface area contributed by atoms with Gasteiger partial charge in [0.25, 0.3) is 0 Å². The molecule has 680 valence electrons. The number of carboxylic acid groups (broad SMARTS) is 3. The Morgan fingerprint density at radius 3 is 0.866 bits per heavy atom. The van der Waals surface area contributed by atoms with E-state index in [0.717, 1.165) is 98.8 Å². The fourth-order valence-electron chi connectivity index (χ4n) is 13.5. The molecule has 0 aliphatic carbocycles. The van der Waals surface area contributed by atoms with Crippen LogP contribution in [0.4, 0.5) is 0 Å². The summed E-state index contributed by atoms with van der Waals surface area (Å²) in [5, 5.41) is 83.9. The number of nitrogens with zero attached hydrogens (tertiary/aromatic N) is 24. The fourth-order valence-corrected chi connectivity index (χ4v) is 14.5. The predicted molar refractivity (Wildman–Crippen MR) is 494 cm³/mol. The SMILES string of the molecule is CCOC(=O)c1c(C)nnn1Cc1ccc2ncc(Cl)cc2c1.CCOC(=O)c1nn(Cc2ccc3ncc(Cl)cc3c2)nc1C.CCOC(=O)c1nnn(Cc2ccc3ncc(Cl)cc3c2)c1C.Cc1c(C(=O)O)nnn1Cc1ccc2ncc(Cl)cc2c1.Cc1nn(Cc2ccc3ncc(Cl)cc3c2)nc1C(=O)O.Cc1nnn(Cc2ccc3ncc(Cl)cc3c2)c1C(=O)O.[Li+].[OH-]. The molecule has 12 heterocycles. The Bertz CT molecular complexity index is 7370. The van der Waals surface area contributed by atoms with Crippen LogP contribution in [0.1, 0.15) is 151 Å². The summed E-state index contributed by atoms with van der Waals surface area (Å²) in [5.41, 5.74) is 14.9. The topological polar surface area (TPSA) is 482 Å². The van der Waals surface area contributed by atoms with Crippen LogP contribution >= 0.6 is 69.6 Å². The van der Waals surface area contributed by atoms with Crippen molar-refractivity contribution < 1.29 is 82.6 Å². The molecule has 0 spiro atoms. The predicted octanol–water partition coefficient (Wildman–Crippen LogP) is 13.5. The quantitative estimate of drug-likeness (QED) is 0.0342. The van der Waals surface area contributed by atoms with Gasteiger partial charge in [-0.1, -0.05) is 127 Å². The first-order chi connectivity index (χ1) is 63.3. The minimum atomic E-state index is -1.08. The third-order valence-corrected chi connectivity index (χ3v) is 20.9. The maximum absolute atomic E-state index is 12.0. The van der Waals surface area contributed by atoms with E-state index in [2.05, 4.69) is 91.5 Å². The smallest absolute Gasteiger partial charge is 0.870 e. The zero-order chi connectivity index (χ0) is 94.1. The Kier molecular flexibility index (Phi) is 34.2. The van der Waals surface area contributed by atoms with Crippen molar-refractivity contribution in [3.8, 4) is 0 Å². The second-order valence-corrected chi connectivity index (χ2v) is 31.8. The summed E-state index contributed by atoms with van der Waals surface area (Å²) in [6.07, 6.45) is 9.64. The fraction of sp³-hybridized carbons (Fsp3) is 0.200. The van der Waals surface area contributed by atoms with Gasteiger partial charge in [0.05, 0.1) is 156 Å². The van der Waals surface area contributed by atoms with Crippen molar-refractivity contribution in [1.82, 2.24) is 120 Å². The molecule has 0 aliphatic heterocycles. The molecule has 134 heavy (non-hydrogen) atoms. The van der Waals surface area contributed by atoms with E-state index in [-0.39, 0.29) is 52.8 Å². The molecule has 6 aromatic carbocycles. The summed E-state index contributed by atoms with van der Waals surface area (Å²) in [5.74, 6) is -4.51. The molecule has 0 saturated heterocycles. The molecule has 0 saturated carbocycles. The van der Waals surface area contributed by atoms with Crippen molar-refractivity contribution in [2.75, 3.05) is 19.8 Å². The number of aromatic carboxylic acids is 3. The van der Waals surface area contributed by atoms with Crippen molar-refractivity contribution >= 4 is 171 Å². The molecule has 4 N–H and O–H groups in total. The van der Waals surface area contributed by atoms with Gasteiger partial charge >= 0.3 is 54.7 Å². The summed E-state index contributed by atoms with van der Waals surface area (Å²) in [7, 11) is 0. The van der Waals surface area contributed by atoms with Crippen molar-refractivity contribution in [2.45, 2.75) is 102 Å². The molecule has 18 rings (SSSR count). The van der Waals surface area contributed by atoms with Gasteiger partial charge in [-0.15, -0.1) is 30.6 Å². The van der Waals surface area contributed by atoms with Gasteiger partial charge in [0.1, 0.15) is 0 Å². The number of benzene rings is 6. The molecular weight excluding hydrogens is 1840 g/mol. The number of fused-ring (bicyclic) bond motifs is 6. The van der Waals surface area contributed by atoms with Gasteiger partial charge in [-0.05, 0) is 205 Å². The van der Waals surface area contributed by atoms with Gasteiger partial charge in [0.15, 0.2) is 34.2 Å². The molecule has 0 radical (unpaired) electrons. The minimum Gasteiger partial charge on any atom is -0.870 e. The first-order valence-electron chi connectivity index (χ1n) is 40.2. The van der Waals surface area contributed by atoms with Gasteiger partial charge in [0.2, 0.25) is 0 Å². The molecule has 12 aromatic heterocycles. The van der Waals surface area contributed by atoms with Crippen LogP contribution in [-0.4, -0.2) is 196 Å². The molecule has 0 bridgehead atoms. The zero-order valence-electron chi connectivity index (χ0n) is 73.1. The van der Waals surface area contributed by atoms with Crippen LogP contribution in [0.15, 0.2) is 183 Å². The zero-order valence-corrected chi connectivity index (χ0v) is 77.7. The second-order valence-electron chi connectivity index (χ2n) is 29.2. The number of ether oxygens (including phenoxy) is 3. The van der Waals surface area contributed by atoms with Crippen LogP contribution in [0.2, 0.25) is 30.1 Å². The Labute approximate surface area is 803 Å². The van der Waals surface area contributed by atoms with E-state index in [1.54, 1.807) is 114 Å². The average Bonchev–Trinajstić information content (AvgIpc) is 1.68. The number of carbonyl (C=O) groups excluding carboxylic acids is 3. The summed E-state index contributed by atoms with van der Waals surface area (Å²) < 4.78 is 21.1. The summed E-state index contributed by atoms with van der Waals surface area (Å²) in [4.78, 5) is 97.1. The monoisotopic (exact) mass is 1920 g/mol. The molecule has 18 aromatic rings. The molecule has 0 aliphatic rings. The standard InChI is InChI=1S/3C16H15ClN4O2.3C14H11ClN4O2.Li.H2O/c1-3-23-16(22)15-10(2)21(20-19-15)9-11-4-5-14-12(6-11)7-13(17)8-18-14;1-3-23-16(22)15-10(2)19-20-21(15)9-11-4-5-14-12(6-11)7-13(17)8-18-14;1-3-23-16(22)15-10(2)19-21(20-15)9-11-4-5-14-12(6-11)7-13(17)8-18-14;1-8-13(14(20)21)17-18-19(8)7-9-2-3-12-10(4-9)5-11(15)6-16-12;1-8-13(14(20)21)19(18-17-8)7-9-2-3-12-10(4-9)5-11(15)6-16-12;1-8-13(14(20)21)18-19(17-8)7-9-2-3-12-10(4-9)5-11(15)6-16-12;;/h3*4-8H,3,9H2,1-2H3;3*2-6H,7H2,1H3,(H,20,21);;1H2/q;;;;;;+1;/p-1. The van der Waals surface area contributed by atoms with Crippen LogP contribution in [0.3, 0.4) is 0 Å². The van der Waals surface area contributed by atoms with Crippen molar-refractivity contribution in [3.63, 3.8) is 0 Å². The molecule has 0 unspecified atom stereocenters. The Balaban J connectivity index is 0.000000154. The van der Waals surface area contributed by atoms with E-state index in [1.807, 2.05) is 146 Å². The Morgan fingerprint density at radius 2 is 0.560 bits per heavy atom. The number of aryl methyl sites for hydroxylation is 4. The number of pyridine rings is 6. The molecule has 37 nitrogen and oxygen atoms in total. The van der Waals surface area contributed by atoms with Crippen LogP contribution in [0.25, 0.3) is 65.4 Å². The van der Waals surface area contributed by atoms with Gasteiger partial charge in [-0.25, -0.2) is 47.5 Å². The molecule has 0 atom stereocenters. The van der Waals surface area contributed by atoms with Crippen molar-refractivity contribution in [3.05, 3.63) is 315 Å². The van der Waals surface area contributed by atoms with Crippen molar-refractivity contribution in [1.29, 1.82) is 0 Å². The molecule has 0 fully saturated rings. The van der Waals surface area contributed by atoms with Crippen LogP contribution in [0.5, 0.6) is 0 Å². The number of aromatic nitrogens is 24. The van der Waals surface area contributed by atoms with Gasteiger partial charge < -0.3 is 35.0 Å². The van der Waals surface area contributed by atoms with E-state index in [4.69, 9.17) is 94.0 Å². The minimum absolute atomic E-state index is 0. The number of hydrogen-bond donors (Lipinski definition) is 3. The van der Waals surface area contributed by atoms with Crippen LogP contribution in [-0.2, 0) is 53.5 Å². The first-order valence-corrected chi connectivity index (χ1v) is 42.5. The van der Waals surface area contributed by atoms with E-state index >= 15 is 0 Å². The summed E-state index contributed by atoms with van der Waals surface area (Å²) in [6, 6.07) is 45.8. The second kappa shape index (κ2) is 45.7. The number of rotatable bonds is 21. The maximum Gasteiger partial charge on any atom is 1.00 e. The molecule has 0 amide bonds. The van der Waals surface area contributed by atoms with E-state index in [1.165, 1.54) is 14.3 Å². The van der Waals surface area contributed by atoms with Gasteiger partial charge in [-0.2, -0.15) is 19.8 Å². The van der Waals surface area contributed by atoms with Crippen LogP contribution in [0, 0.1) is 41.5 Å². The molecular formula is C90H79Cl6LiN24O13. The van der Waals surface area contributed by atoms with Gasteiger partial charge in [-0.3, -0.25) is 29.9 Å². The Hall–Kier alpha value is -14.3.